The Morgan fingerprint density at radius 1 is 1.36 bits per heavy atom. The molecule has 0 saturated carbocycles. The molecular formula is C18H27N5OS. The third-order valence-corrected chi connectivity index (χ3v) is 4.55. The highest BCUT2D eigenvalue weighted by molar-refractivity contribution is 7.71. The Hall–Kier alpha value is -1.99. The SMILES string of the molecule is CCN(CC)CCNC(=O)CCn1c(-c2cccc(C)c2)n[nH]c1=S. The van der Waals surface area contributed by atoms with Crippen LogP contribution in [-0.4, -0.2) is 51.8 Å². The lowest BCUT2D eigenvalue weighted by Gasteiger charge is -2.18. The third kappa shape index (κ3) is 5.51. The van der Waals surface area contributed by atoms with E-state index in [1.54, 1.807) is 0 Å². The predicted molar refractivity (Wildman–Crippen MR) is 103 cm³/mol. The van der Waals surface area contributed by atoms with E-state index in [0.717, 1.165) is 36.6 Å². The molecule has 0 spiro atoms. The van der Waals surface area contributed by atoms with E-state index in [9.17, 15) is 4.79 Å². The fourth-order valence-electron chi connectivity index (χ4n) is 2.72. The van der Waals surface area contributed by atoms with Gasteiger partial charge < -0.3 is 10.2 Å². The van der Waals surface area contributed by atoms with E-state index in [1.165, 1.54) is 0 Å². The summed E-state index contributed by atoms with van der Waals surface area (Å²) >= 11 is 5.32. The summed E-state index contributed by atoms with van der Waals surface area (Å²) in [5, 5.41) is 10.1. The fraction of sp³-hybridized carbons (Fsp3) is 0.500. The molecule has 0 aliphatic rings. The molecule has 2 aromatic rings. The van der Waals surface area contributed by atoms with Crippen LogP contribution in [0.5, 0.6) is 0 Å². The van der Waals surface area contributed by atoms with Crippen LogP contribution in [0.3, 0.4) is 0 Å². The zero-order valence-electron chi connectivity index (χ0n) is 15.2. The Kier molecular flexibility index (Phi) is 7.33. The number of aromatic amines is 1. The number of likely N-dealkylation sites (N-methyl/N-ethyl adjacent to an activating group) is 1. The Balaban J connectivity index is 1.94. The summed E-state index contributed by atoms with van der Waals surface area (Å²) in [5.41, 5.74) is 2.15. The second-order valence-corrected chi connectivity index (χ2v) is 6.39. The molecule has 136 valence electrons. The molecule has 2 N–H and O–H groups in total. The number of nitrogens with zero attached hydrogens (tertiary/aromatic N) is 3. The highest BCUT2D eigenvalue weighted by atomic mass is 32.1. The molecule has 1 aromatic heterocycles. The molecule has 0 unspecified atom stereocenters. The van der Waals surface area contributed by atoms with Crippen molar-refractivity contribution in [2.24, 2.45) is 0 Å². The van der Waals surface area contributed by atoms with Crippen LogP contribution in [0, 0.1) is 11.7 Å². The molecule has 0 fully saturated rings. The molecule has 0 aliphatic heterocycles. The van der Waals surface area contributed by atoms with Crippen molar-refractivity contribution >= 4 is 18.1 Å². The summed E-state index contributed by atoms with van der Waals surface area (Å²) in [4.78, 5) is 14.4. The van der Waals surface area contributed by atoms with Crippen LogP contribution in [0.2, 0.25) is 0 Å². The van der Waals surface area contributed by atoms with Gasteiger partial charge in [0.05, 0.1) is 0 Å². The highest BCUT2D eigenvalue weighted by Gasteiger charge is 2.11. The first-order chi connectivity index (χ1) is 12.0. The van der Waals surface area contributed by atoms with Gasteiger partial charge in [0.2, 0.25) is 5.91 Å². The second kappa shape index (κ2) is 9.48. The molecule has 1 aromatic carbocycles. The number of aryl methyl sites for hydroxylation is 1. The van der Waals surface area contributed by atoms with Gasteiger partial charge in [0.1, 0.15) is 0 Å². The van der Waals surface area contributed by atoms with Crippen LogP contribution in [-0.2, 0) is 11.3 Å². The second-order valence-electron chi connectivity index (χ2n) is 6.00. The van der Waals surface area contributed by atoms with Crippen LogP contribution in [0.25, 0.3) is 11.4 Å². The minimum absolute atomic E-state index is 0.0328. The number of carbonyl (C=O) groups excluding carboxylic acids is 1. The summed E-state index contributed by atoms with van der Waals surface area (Å²) in [5.74, 6) is 0.801. The van der Waals surface area contributed by atoms with Gasteiger partial charge in [-0.15, -0.1) is 0 Å². The van der Waals surface area contributed by atoms with E-state index < -0.39 is 0 Å². The zero-order chi connectivity index (χ0) is 18.2. The van der Waals surface area contributed by atoms with Gasteiger partial charge in [0, 0.05) is 31.6 Å². The number of benzene rings is 1. The molecule has 0 bridgehead atoms. The Labute approximate surface area is 154 Å². The molecule has 2 rings (SSSR count). The van der Waals surface area contributed by atoms with Crippen molar-refractivity contribution in [3.05, 3.63) is 34.6 Å². The quantitative estimate of drug-likeness (QED) is 0.674. The van der Waals surface area contributed by atoms with Gasteiger partial charge in [-0.05, 0) is 38.3 Å². The smallest absolute Gasteiger partial charge is 0.221 e. The fourth-order valence-corrected chi connectivity index (χ4v) is 2.95. The summed E-state index contributed by atoms with van der Waals surface area (Å²) < 4.78 is 2.42. The van der Waals surface area contributed by atoms with Crippen LogP contribution in [0.15, 0.2) is 24.3 Å². The summed E-state index contributed by atoms with van der Waals surface area (Å²) in [6.07, 6.45) is 0.380. The van der Waals surface area contributed by atoms with Gasteiger partial charge in [0.25, 0.3) is 0 Å². The number of nitrogens with one attached hydrogen (secondary N) is 2. The molecule has 1 amide bonds. The van der Waals surface area contributed by atoms with E-state index in [4.69, 9.17) is 12.2 Å². The van der Waals surface area contributed by atoms with Gasteiger partial charge in [0.15, 0.2) is 10.6 Å². The summed E-state index contributed by atoms with van der Waals surface area (Å²) in [6, 6.07) is 8.09. The molecule has 0 saturated heterocycles. The first-order valence-corrected chi connectivity index (χ1v) is 9.17. The van der Waals surface area contributed by atoms with Gasteiger partial charge in [-0.1, -0.05) is 37.6 Å². The normalized spacial score (nSPS) is 11.0. The number of carbonyl (C=O) groups is 1. The van der Waals surface area contributed by atoms with Crippen molar-refractivity contribution in [1.82, 2.24) is 25.0 Å². The average Bonchev–Trinajstić information content (AvgIpc) is 2.97. The van der Waals surface area contributed by atoms with Gasteiger partial charge in [-0.2, -0.15) is 5.10 Å². The molecule has 25 heavy (non-hydrogen) atoms. The van der Waals surface area contributed by atoms with Crippen molar-refractivity contribution in [2.75, 3.05) is 26.2 Å². The van der Waals surface area contributed by atoms with E-state index >= 15 is 0 Å². The third-order valence-electron chi connectivity index (χ3n) is 4.24. The lowest BCUT2D eigenvalue weighted by atomic mass is 10.1. The van der Waals surface area contributed by atoms with Crippen LogP contribution >= 0.6 is 12.2 Å². The van der Waals surface area contributed by atoms with E-state index in [0.29, 0.717) is 24.3 Å². The zero-order valence-corrected chi connectivity index (χ0v) is 16.0. The lowest BCUT2D eigenvalue weighted by molar-refractivity contribution is -0.121. The van der Waals surface area contributed by atoms with E-state index in [1.807, 2.05) is 29.7 Å². The van der Waals surface area contributed by atoms with Crippen molar-refractivity contribution < 1.29 is 4.79 Å². The summed E-state index contributed by atoms with van der Waals surface area (Å²) in [6.45, 7) is 10.3. The number of amides is 1. The minimum Gasteiger partial charge on any atom is -0.355 e. The highest BCUT2D eigenvalue weighted by Crippen LogP contribution is 2.18. The van der Waals surface area contributed by atoms with Crippen LogP contribution in [0.4, 0.5) is 0 Å². The minimum atomic E-state index is 0.0328. The maximum Gasteiger partial charge on any atom is 0.221 e. The van der Waals surface area contributed by atoms with E-state index in [2.05, 4.69) is 40.3 Å². The van der Waals surface area contributed by atoms with Crippen molar-refractivity contribution in [3.63, 3.8) is 0 Å². The van der Waals surface area contributed by atoms with Gasteiger partial charge in [-0.25, -0.2) is 0 Å². The Bertz CT molecular complexity index is 748. The number of hydrogen-bond donors (Lipinski definition) is 2. The molecule has 0 aliphatic carbocycles. The number of H-pyrrole nitrogens is 1. The predicted octanol–water partition coefficient (Wildman–Crippen LogP) is 2.76. The molecule has 6 nitrogen and oxygen atoms in total. The molecule has 0 radical (unpaired) electrons. The Morgan fingerprint density at radius 3 is 2.80 bits per heavy atom. The molecule has 1 heterocycles. The number of aromatic nitrogens is 3. The lowest BCUT2D eigenvalue weighted by Crippen LogP contribution is -2.35. The topological polar surface area (TPSA) is 66.0 Å². The molecule has 0 atom stereocenters. The maximum atomic E-state index is 12.1. The van der Waals surface area contributed by atoms with Gasteiger partial charge in [-0.3, -0.25) is 14.5 Å². The van der Waals surface area contributed by atoms with Gasteiger partial charge >= 0.3 is 0 Å². The molecule has 7 heteroatoms. The largest absolute Gasteiger partial charge is 0.355 e. The van der Waals surface area contributed by atoms with Crippen molar-refractivity contribution in [2.45, 2.75) is 33.7 Å². The van der Waals surface area contributed by atoms with Crippen molar-refractivity contribution in [1.29, 1.82) is 0 Å². The first kappa shape index (κ1) is 19.3. The monoisotopic (exact) mass is 361 g/mol. The average molecular weight is 362 g/mol. The standard InChI is InChI=1S/C18H27N5OS/c1-4-22(5-2)12-10-19-16(24)9-11-23-17(20-21-18(23)25)15-8-6-7-14(3)13-15/h6-8,13H,4-5,9-12H2,1-3H3,(H,19,24)(H,21,25). The number of rotatable bonds is 9. The summed E-state index contributed by atoms with van der Waals surface area (Å²) in [7, 11) is 0. The molecular weight excluding hydrogens is 334 g/mol. The number of hydrogen-bond acceptors (Lipinski definition) is 4. The van der Waals surface area contributed by atoms with E-state index in [-0.39, 0.29) is 5.91 Å². The van der Waals surface area contributed by atoms with Crippen LogP contribution in [0.1, 0.15) is 25.8 Å². The Morgan fingerprint density at radius 2 is 2.12 bits per heavy atom. The van der Waals surface area contributed by atoms with Crippen LogP contribution < -0.4 is 5.32 Å². The van der Waals surface area contributed by atoms with Crippen molar-refractivity contribution in [3.8, 4) is 11.4 Å². The maximum absolute atomic E-state index is 12.1. The first-order valence-electron chi connectivity index (χ1n) is 8.76.